The SMILES string of the molecule is CCN(CC)c1ccc(NCC(=O)Nc2cccc(C(F)(F)F)c2)cc1. The van der Waals surface area contributed by atoms with Crippen molar-refractivity contribution in [3.63, 3.8) is 0 Å². The summed E-state index contributed by atoms with van der Waals surface area (Å²) in [4.78, 5) is 14.2. The van der Waals surface area contributed by atoms with Crippen molar-refractivity contribution in [3.05, 3.63) is 54.1 Å². The first-order valence-corrected chi connectivity index (χ1v) is 8.39. The fourth-order valence-electron chi connectivity index (χ4n) is 2.54. The number of carbonyl (C=O) groups excluding carboxylic acids is 1. The highest BCUT2D eigenvalue weighted by atomic mass is 19.4. The zero-order chi connectivity index (χ0) is 19.2. The number of anilines is 3. The van der Waals surface area contributed by atoms with E-state index in [1.165, 1.54) is 12.1 Å². The molecule has 0 fully saturated rings. The van der Waals surface area contributed by atoms with Crippen LogP contribution in [0.15, 0.2) is 48.5 Å². The fourth-order valence-corrected chi connectivity index (χ4v) is 2.54. The maximum atomic E-state index is 12.7. The van der Waals surface area contributed by atoms with Gasteiger partial charge in [-0.1, -0.05) is 6.07 Å². The first-order chi connectivity index (χ1) is 12.3. The monoisotopic (exact) mass is 365 g/mol. The van der Waals surface area contributed by atoms with E-state index in [1.807, 2.05) is 24.3 Å². The number of benzene rings is 2. The number of carbonyl (C=O) groups is 1. The Morgan fingerprint density at radius 2 is 1.65 bits per heavy atom. The molecule has 0 aliphatic rings. The molecule has 1 amide bonds. The largest absolute Gasteiger partial charge is 0.416 e. The smallest absolute Gasteiger partial charge is 0.376 e. The van der Waals surface area contributed by atoms with Crippen LogP contribution in [0.25, 0.3) is 0 Å². The fraction of sp³-hybridized carbons (Fsp3) is 0.316. The maximum Gasteiger partial charge on any atom is 0.416 e. The molecular formula is C19H22F3N3O. The number of nitrogens with one attached hydrogen (secondary N) is 2. The van der Waals surface area contributed by atoms with E-state index in [0.717, 1.165) is 36.6 Å². The minimum Gasteiger partial charge on any atom is -0.376 e. The summed E-state index contributed by atoms with van der Waals surface area (Å²) in [7, 11) is 0. The molecule has 4 nitrogen and oxygen atoms in total. The molecule has 26 heavy (non-hydrogen) atoms. The molecule has 2 aromatic carbocycles. The van der Waals surface area contributed by atoms with E-state index in [2.05, 4.69) is 29.4 Å². The molecule has 0 atom stereocenters. The van der Waals surface area contributed by atoms with Crippen molar-refractivity contribution in [1.82, 2.24) is 0 Å². The molecule has 0 heterocycles. The van der Waals surface area contributed by atoms with E-state index in [-0.39, 0.29) is 12.2 Å². The van der Waals surface area contributed by atoms with E-state index in [0.29, 0.717) is 0 Å². The van der Waals surface area contributed by atoms with Gasteiger partial charge in [0.1, 0.15) is 0 Å². The molecule has 140 valence electrons. The van der Waals surface area contributed by atoms with Crippen LogP contribution in [0.1, 0.15) is 19.4 Å². The molecule has 7 heteroatoms. The topological polar surface area (TPSA) is 44.4 Å². The number of nitrogens with zero attached hydrogens (tertiary/aromatic N) is 1. The summed E-state index contributed by atoms with van der Waals surface area (Å²) in [5.41, 5.74) is 1.17. The van der Waals surface area contributed by atoms with Gasteiger partial charge in [0.2, 0.25) is 5.91 Å². The third kappa shape index (κ3) is 5.40. The Morgan fingerprint density at radius 3 is 2.23 bits per heavy atom. The molecule has 0 bridgehead atoms. The van der Waals surface area contributed by atoms with Gasteiger partial charge in [0.25, 0.3) is 0 Å². The van der Waals surface area contributed by atoms with Gasteiger partial charge in [-0.25, -0.2) is 0 Å². The van der Waals surface area contributed by atoms with Crippen molar-refractivity contribution in [1.29, 1.82) is 0 Å². The average molecular weight is 365 g/mol. The summed E-state index contributed by atoms with van der Waals surface area (Å²) in [6, 6.07) is 12.2. The third-order valence-electron chi connectivity index (χ3n) is 3.92. The van der Waals surface area contributed by atoms with Gasteiger partial charge in [0, 0.05) is 30.2 Å². The highest BCUT2D eigenvalue weighted by molar-refractivity contribution is 5.93. The van der Waals surface area contributed by atoms with Gasteiger partial charge in [-0.2, -0.15) is 13.2 Å². The van der Waals surface area contributed by atoms with Crippen molar-refractivity contribution < 1.29 is 18.0 Å². The zero-order valence-electron chi connectivity index (χ0n) is 14.7. The van der Waals surface area contributed by atoms with Crippen molar-refractivity contribution in [3.8, 4) is 0 Å². The van der Waals surface area contributed by atoms with Gasteiger partial charge in [0.05, 0.1) is 12.1 Å². The van der Waals surface area contributed by atoms with Crippen LogP contribution in [0.4, 0.5) is 30.2 Å². The predicted molar refractivity (Wildman–Crippen MR) is 98.6 cm³/mol. The van der Waals surface area contributed by atoms with Gasteiger partial charge in [-0.3, -0.25) is 4.79 Å². The van der Waals surface area contributed by atoms with Crippen molar-refractivity contribution >= 4 is 23.0 Å². The van der Waals surface area contributed by atoms with Crippen molar-refractivity contribution in [2.24, 2.45) is 0 Å². The molecule has 0 aliphatic carbocycles. The summed E-state index contributed by atoms with van der Waals surface area (Å²) in [5.74, 6) is -0.419. The van der Waals surface area contributed by atoms with E-state index in [4.69, 9.17) is 0 Å². The van der Waals surface area contributed by atoms with Gasteiger partial charge in [-0.15, -0.1) is 0 Å². The minimum absolute atomic E-state index is 0.0408. The summed E-state index contributed by atoms with van der Waals surface area (Å²) >= 11 is 0. The van der Waals surface area contributed by atoms with E-state index in [1.54, 1.807) is 0 Å². The van der Waals surface area contributed by atoms with Crippen LogP contribution in [0.3, 0.4) is 0 Å². The summed E-state index contributed by atoms with van der Waals surface area (Å²) in [6.07, 6.45) is -4.44. The Bertz CT molecular complexity index is 726. The van der Waals surface area contributed by atoms with E-state index >= 15 is 0 Å². The minimum atomic E-state index is -4.44. The Kier molecular flexibility index (Phi) is 6.49. The normalized spacial score (nSPS) is 11.1. The molecule has 2 aromatic rings. The first kappa shape index (κ1) is 19.6. The molecule has 2 rings (SSSR count). The zero-order valence-corrected chi connectivity index (χ0v) is 14.7. The lowest BCUT2D eigenvalue weighted by Crippen LogP contribution is -2.23. The Labute approximate surface area is 151 Å². The molecular weight excluding hydrogens is 343 g/mol. The van der Waals surface area contributed by atoms with Crippen LogP contribution in [0.2, 0.25) is 0 Å². The summed E-state index contributed by atoms with van der Waals surface area (Å²) in [5, 5.41) is 5.42. The van der Waals surface area contributed by atoms with Gasteiger partial charge in [-0.05, 0) is 56.3 Å². The molecule has 0 unspecified atom stereocenters. The second-order valence-electron chi connectivity index (χ2n) is 5.70. The molecule has 0 aliphatic heterocycles. The van der Waals surface area contributed by atoms with Crippen LogP contribution in [0, 0.1) is 0 Å². The Balaban J connectivity index is 1.91. The summed E-state index contributed by atoms with van der Waals surface area (Å²) in [6.45, 7) is 5.92. The number of hydrogen-bond acceptors (Lipinski definition) is 3. The number of rotatable bonds is 7. The van der Waals surface area contributed by atoms with Crippen molar-refractivity contribution in [2.45, 2.75) is 20.0 Å². The molecule has 0 aromatic heterocycles. The lowest BCUT2D eigenvalue weighted by Gasteiger charge is -2.21. The third-order valence-corrected chi connectivity index (χ3v) is 3.92. The molecule has 2 N–H and O–H groups in total. The molecule has 0 spiro atoms. The van der Waals surface area contributed by atoms with Crippen LogP contribution in [-0.2, 0) is 11.0 Å². The van der Waals surface area contributed by atoms with E-state index in [9.17, 15) is 18.0 Å². The predicted octanol–water partition coefficient (Wildman–Crippen LogP) is 4.60. The molecule has 0 radical (unpaired) electrons. The van der Waals surface area contributed by atoms with Crippen LogP contribution in [-0.4, -0.2) is 25.5 Å². The van der Waals surface area contributed by atoms with E-state index < -0.39 is 17.6 Å². The van der Waals surface area contributed by atoms with Gasteiger partial charge >= 0.3 is 6.18 Å². The lowest BCUT2D eigenvalue weighted by atomic mass is 10.2. The average Bonchev–Trinajstić information content (AvgIpc) is 2.61. The second-order valence-corrected chi connectivity index (χ2v) is 5.70. The number of alkyl halides is 3. The van der Waals surface area contributed by atoms with Crippen LogP contribution < -0.4 is 15.5 Å². The number of halogens is 3. The van der Waals surface area contributed by atoms with Gasteiger partial charge in [0.15, 0.2) is 0 Å². The Hall–Kier alpha value is -2.70. The van der Waals surface area contributed by atoms with Crippen LogP contribution in [0.5, 0.6) is 0 Å². The second kappa shape index (κ2) is 8.60. The van der Waals surface area contributed by atoms with Gasteiger partial charge < -0.3 is 15.5 Å². The van der Waals surface area contributed by atoms with Crippen molar-refractivity contribution in [2.75, 3.05) is 35.2 Å². The number of amides is 1. The lowest BCUT2D eigenvalue weighted by molar-refractivity contribution is -0.137. The standard InChI is InChI=1S/C19H22F3N3O/c1-3-25(4-2)17-10-8-15(9-11-17)23-13-18(26)24-16-7-5-6-14(12-16)19(20,21)22/h5-12,23H,3-4,13H2,1-2H3,(H,24,26). The highest BCUT2D eigenvalue weighted by Gasteiger charge is 2.30. The molecule has 0 saturated heterocycles. The highest BCUT2D eigenvalue weighted by Crippen LogP contribution is 2.30. The first-order valence-electron chi connectivity index (χ1n) is 8.39. The Morgan fingerprint density at radius 1 is 1.00 bits per heavy atom. The number of hydrogen-bond donors (Lipinski definition) is 2. The molecule has 0 saturated carbocycles. The quantitative estimate of drug-likeness (QED) is 0.754. The maximum absolute atomic E-state index is 12.7. The summed E-state index contributed by atoms with van der Waals surface area (Å²) < 4.78 is 38.1. The van der Waals surface area contributed by atoms with Crippen LogP contribution >= 0.6 is 0 Å².